The molecule has 0 bridgehead atoms. The van der Waals surface area contributed by atoms with Crippen molar-refractivity contribution in [1.29, 1.82) is 0 Å². The van der Waals surface area contributed by atoms with E-state index in [4.69, 9.17) is 4.74 Å². The van der Waals surface area contributed by atoms with Crippen LogP contribution in [0.3, 0.4) is 0 Å². The second-order valence-electron chi connectivity index (χ2n) is 5.76. The molecule has 2 aromatic rings. The van der Waals surface area contributed by atoms with E-state index in [-0.39, 0.29) is 18.0 Å². The number of benzene rings is 2. The Balaban J connectivity index is 1.91. The number of ether oxygens (including phenoxy) is 1. The number of halogens is 2. The lowest BCUT2D eigenvalue weighted by Gasteiger charge is -2.41. The molecule has 1 heterocycles. The lowest BCUT2D eigenvalue weighted by atomic mass is 9.80. The highest BCUT2D eigenvalue weighted by Crippen LogP contribution is 2.43. The standard InChI is InChI=1S/C18H18FIO2/c19-15-8-6-13(7-9-15)17-11-18(21,10-16(12-20)22-17)14-4-2-1-3-5-14/h1-9,16-17,21H,10-12H2/t16-,17-,18-/m1/s1. The molecule has 3 atom stereocenters. The van der Waals surface area contributed by atoms with Crippen LogP contribution < -0.4 is 0 Å². The van der Waals surface area contributed by atoms with Gasteiger partial charge >= 0.3 is 0 Å². The Morgan fingerprint density at radius 1 is 1.09 bits per heavy atom. The van der Waals surface area contributed by atoms with Crippen LogP contribution in [0.2, 0.25) is 0 Å². The van der Waals surface area contributed by atoms with Gasteiger partial charge in [0.05, 0.1) is 17.8 Å². The molecular formula is C18H18FIO2. The minimum absolute atomic E-state index is 0.0189. The van der Waals surface area contributed by atoms with Gasteiger partial charge in [0.25, 0.3) is 0 Å². The van der Waals surface area contributed by atoms with Crippen molar-refractivity contribution in [3.63, 3.8) is 0 Å². The summed E-state index contributed by atoms with van der Waals surface area (Å²) in [5, 5.41) is 11.2. The Labute approximate surface area is 143 Å². The average molecular weight is 412 g/mol. The highest BCUT2D eigenvalue weighted by atomic mass is 127. The molecule has 1 N–H and O–H groups in total. The average Bonchev–Trinajstić information content (AvgIpc) is 2.56. The molecule has 0 aromatic heterocycles. The van der Waals surface area contributed by atoms with Crippen molar-refractivity contribution in [3.8, 4) is 0 Å². The number of hydrogen-bond acceptors (Lipinski definition) is 2. The van der Waals surface area contributed by atoms with Gasteiger partial charge in [-0.2, -0.15) is 0 Å². The second-order valence-corrected chi connectivity index (χ2v) is 6.64. The van der Waals surface area contributed by atoms with Crippen LogP contribution in [0.5, 0.6) is 0 Å². The Morgan fingerprint density at radius 2 is 1.77 bits per heavy atom. The maximum atomic E-state index is 13.1. The first-order valence-electron chi connectivity index (χ1n) is 7.35. The molecule has 1 aliphatic heterocycles. The van der Waals surface area contributed by atoms with E-state index in [1.807, 2.05) is 30.3 Å². The smallest absolute Gasteiger partial charge is 0.123 e. The molecular weight excluding hydrogens is 394 g/mol. The summed E-state index contributed by atoms with van der Waals surface area (Å²) in [5.41, 5.74) is 0.916. The van der Waals surface area contributed by atoms with Crippen LogP contribution in [-0.2, 0) is 10.3 Å². The Hall–Kier alpha value is -0.980. The number of hydrogen-bond donors (Lipinski definition) is 1. The topological polar surface area (TPSA) is 29.5 Å². The highest BCUT2D eigenvalue weighted by molar-refractivity contribution is 14.1. The van der Waals surface area contributed by atoms with Crippen molar-refractivity contribution in [3.05, 3.63) is 71.5 Å². The van der Waals surface area contributed by atoms with Crippen LogP contribution in [0.4, 0.5) is 4.39 Å². The van der Waals surface area contributed by atoms with E-state index in [1.54, 1.807) is 12.1 Å². The van der Waals surface area contributed by atoms with Crippen LogP contribution in [0.1, 0.15) is 30.1 Å². The summed E-state index contributed by atoms with van der Waals surface area (Å²) in [7, 11) is 0. The molecule has 116 valence electrons. The van der Waals surface area contributed by atoms with Gasteiger partial charge in [-0.05, 0) is 23.3 Å². The molecule has 2 nitrogen and oxygen atoms in total. The van der Waals surface area contributed by atoms with Gasteiger partial charge in [0.15, 0.2) is 0 Å². The summed E-state index contributed by atoms with van der Waals surface area (Å²) in [6.07, 6.45) is 0.821. The van der Waals surface area contributed by atoms with E-state index in [9.17, 15) is 9.50 Å². The molecule has 0 unspecified atom stereocenters. The molecule has 0 saturated carbocycles. The third-order valence-corrected chi connectivity index (χ3v) is 5.15. The van der Waals surface area contributed by atoms with Crippen LogP contribution in [-0.4, -0.2) is 15.6 Å². The molecule has 1 fully saturated rings. The maximum absolute atomic E-state index is 13.1. The van der Waals surface area contributed by atoms with E-state index in [0.717, 1.165) is 15.6 Å². The Bertz CT molecular complexity index is 617. The molecule has 4 heteroatoms. The van der Waals surface area contributed by atoms with Crippen LogP contribution in [0, 0.1) is 5.82 Å². The zero-order chi connectivity index (χ0) is 15.6. The predicted molar refractivity (Wildman–Crippen MR) is 92.5 cm³/mol. The normalized spacial score (nSPS) is 28.5. The number of aliphatic hydroxyl groups is 1. The number of alkyl halides is 1. The first kappa shape index (κ1) is 15.9. The zero-order valence-corrected chi connectivity index (χ0v) is 14.2. The molecule has 2 aromatic carbocycles. The largest absolute Gasteiger partial charge is 0.385 e. The second kappa shape index (κ2) is 6.64. The third-order valence-electron chi connectivity index (χ3n) is 4.17. The van der Waals surface area contributed by atoms with Crippen molar-refractivity contribution < 1.29 is 14.2 Å². The summed E-state index contributed by atoms with van der Waals surface area (Å²) in [5.74, 6) is -0.261. The van der Waals surface area contributed by atoms with Crippen molar-refractivity contribution in [2.45, 2.75) is 30.7 Å². The molecule has 1 saturated heterocycles. The van der Waals surface area contributed by atoms with Crippen molar-refractivity contribution in [2.75, 3.05) is 4.43 Å². The van der Waals surface area contributed by atoms with Crippen molar-refractivity contribution in [2.24, 2.45) is 0 Å². The maximum Gasteiger partial charge on any atom is 0.123 e. The Kier molecular flexibility index (Phi) is 4.80. The molecule has 3 rings (SSSR count). The molecule has 0 amide bonds. The molecule has 1 aliphatic rings. The molecule has 22 heavy (non-hydrogen) atoms. The minimum atomic E-state index is -0.908. The van der Waals surface area contributed by atoms with Gasteiger partial charge < -0.3 is 9.84 Å². The molecule has 0 spiro atoms. The lowest BCUT2D eigenvalue weighted by Crippen LogP contribution is -2.40. The fraction of sp³-hybridized carbons (Fsp3) is 0.333. The summed E-state index contributed by atoms with van der Waals surface area (Å²) in [6.45, 7) is 0. The predicted octanol–water partition coefficient (Wildman–Crippen LogP) is 4.37. The van der Waals surface area contributed by atoms with Crippen molar-refractivity contribution in [1.82, 2.24) is 0 Å². The Morgan fingerprint density at radius 3 is 2.41 bits per heavy atom. The van der Waals surface area contributed by atoms with Crippen molar-refractivity contribution >= 4 is 22.6 Å². The zero-order valence-electron chi connectivity index (χ0n) is 12.1. The fourth-order valence-electron chi connectivity index (χ4n) is 3.04. The van der Waals surface area contributed by atoms with E-state index in [0.29, 0.717) is 12.8 Å². The van der Waals surface area contributed by atoms with Crippen LogP contribution >= 0.6 is 22.6 Å². The van der Waals surface area contributed by atoms with E-state index in [1.165, 1.54) is 12.1 Å². The summed E-state index contributed by atoms with van der Waals surface area (Å²) >= 11 is 2.28. The lowest BCUT2D eigenvalue weighted by molar-refractivity contribution is -0.141. The van der Waals surface area contributed by atoms with Gasteiger partial charge in [-0.25, -0.2) is 4.39 Å². The van der Waals surface area contributed by atoms with Gasteiger partial charge in [0.2, 0.25) is 0 Å². The van der Waals surface area contributed by atoms with Crippen LogP contribution in [0.15, 0.2) is 54.6 Å². The highest BCUT2D eigenvalue weighted by Gasteiger charge is 2.41. The van der Waals surface area contributed by atoms with Gasteiger partial charge in [0.1, 0.15) is 5.82 Å². The monoisotopic (exact) mass is 412 g/mol. The first-order chi connectivity index (χ1) is 10.6. The third kappa shape index (κ3) is 3.34. The first-order valence-corrected chi connectivity index (χ1v) is 8.88. The molecule has 0 aliphatic carbocycles. The van der Waals surface area contributed by atoms with E-state index < -0.39 is 5.60 Å². The summed E-state index contributed by atoms with van der Waals surface area (Å²) in [4.78, 5) is 0. The fourth-order valence-corrected chi connectivity index (χ4v) is 3.56. The SMILES string of the molecule is O[C@]1(c2ccccc2)C[C@H](CI)O[C@@H](c2ccc(F)cc2)C1. The van der Waals surface area contributed by atoms with Gasteiger partial charge in [-0.3, -0.25) is 0 Å². The summed E-state index contributed by atoms with van der Waals surface area (Å²) in [6, 6.07) is 16.1. The summed E-state index contributed by atoms with van der Waals surface area (Å²) < 4.78 is 20.0. The van der Waals surface area contributed by atoms with Gasteiger partial charge in [-0.15, -0.1) is 0 Å². The number of rotatable bonds is 3. The molecule has 0 radical (unpaired) electrons. The quantitative estimate of drug-likeness (QED) is 0.600. The van der Waals surface area contributed by atoms with Crippen LogP contribution in [0.25, 0.3) is 0 Å². The van der Waals surface area contributed by atoms with E-state index in [2.05, 4.69) is 22.6 Å². The van der Waals surface area contributed by atoms with Gasteiger partial charge in [0, 0.05) is 17.3 Å². The van der Waals surface area contributed by atoms with E-state index >= 15 is 0 Å². The van der Waals surface area contributed by atoms with Gasteiger partial charge in [-0.1, -0.05) is 65.1 Å². The minimum Gasteiger partial charge on any atom is -0.385 e.